The van der Waals surface area contributed by atoms with Crippen molar-refractivity contribution in [2.45, 2.75) is 19.3 Å². The van der Waals surface area contributed by atoms with Gasteiger partial charge in [-0.05, 0) is 31.4 Å². The predicted octanol–water partition coefficient (Wildman–Crippen LogP) is 2.69. The second-order valence-corrected chi connectivity index (χ2v) is 5.36. The summed E-state index contributed by atoms with van der Waals surface area (Å²) in [4.78, 5) is 32.9. The van der Waals surface area contributed by atoms with Crippen molar-refractivity contribution in [3.8, 4) is 0 Å². The van der Waals surface area contributed by atoms with Crippen LogP contribution in [0, 0.1) is 22.0 Å². The van der Waals surface area contributed by atoms with Crippen LogP contribution in [0.2, 0.25) is 5.02 Å². The van der Waals surface area contributed by atoms with Crippen molar-refractivity contribution < 1.29 is 19.6 Å². The maximum atomic E-state index is 12.0. The zero-order valence-electron chi connectivity index (χ0n) is 10.9. The molecule has 1 amide bonds. The number of carbonyl (C=O) groups excluding carboxylic acids is 1. The third-order valence-corrected chi connectivity index (χ3v) is 3.87. The van der Waals surface area contributed by atoms with Gasteiger partial charge in [0.05, 0.1) is 10.8 Å². The van der Waals surface area contributed by atoms with E-state index in [0.29, 0.717) is 24.9 Å². The van der Waals surface area contributed by atoms with Gasteiger partial charge in [-0.1, -0.05) is 11.6 Å². The summed E-state index contributed by atoms with van der Waals surface area (Å²) in [7, 11) is 0. The van der Waals surface area contributed by atoms with Crippen molar-refractivity contribution in [1.82, 2.24) is 0 Å². The second kappa shape index (κ2) is 6.09. The van der Waals surface area contributed by atoms with Crippen LogP contribution in [0.15, 0.2) is 18.2 Å². The number of carboxylic acids is 1. The van der Waals surface area contributed by atoms with Crippen molar-refractivity contribution in [1.29, 1.82) is 0 Å². The van der Waals surface area contributed by atoms with Crippen LogP contribution in [0.25, 0.3) is 0 Å². The van der Waals surface area contributed by atoms with E-state index in [1.807, 2.05) is 0 Å². The third kappa shape index (κ3) is 3.49. The molecule has 2 rings (SSSR count). The van der Waals surface area contributed by atoms with Crippen molar-refractivity contribution in [2.24, 2.45) is 11.8 Å². The quantitative estimate of drug-likeness (QED) is 0.656. The minimum absolute atomic E-state index is 0.0624. The van der Waals surface area contributed by atoms with E-state index >= 15 is 0 Å². The maximum absolute atomic E-state index is 12.0. The number of halogens is 1. The number of nitro benzene ring substituents is 1. The van der Waals surface area contributed by atoms with Crippen LogP contribution in [0.1, 0.15) is 19.3 Å². The number of benzene rings is 1. The van der Waals surface area contributed by atoms with Gasteiger partial charge in [0, 0.05) is 17.7 Å². The number of rotatable bonds is 4. The van der Waals surface area contributed by atoms with Crippen LogP contribution in [0.3, 0.4) is 0 Å². The zero-order valence-corrected chi connectivity index (χ0v) is 11.7. The molecule has 2 N–H and O–H groups in total. The summed E-state index contributed by atoms with van der Waals surface area (Å²) in [6, 6.07) is 3.92. The van der Waals surface area contributed by atoms with E-state index in [1.54, 1.807) is 0 Å². The minimum Gasteiger partial charge on any atom is -0.481 e. The number of nitrogens with zero attached hydrogens (tertiary/aromatic N) is 1. The molecule has 1 aliphatic carbocycles. The minimum atomic E-state index is -0.885. The van der Waals surface area contributed by atoms with Gasteiger partial charge in [0.25, 0.3) is 5.69 Å². The largest absolute Gasteiger partial charge is 0.481 e. The Morgan fingerprint density at radius 3 is 2.52 bits per heavy atom. The molecule has 2 atom stereocenters. The summed E-state index contributed by atoms with van der Waals surface area (Å²) in [5.74, 6) is -2.02. The fourth-order valence-corrected chi connectivity index (χ4v) is 2.67. The van der Waals surface area contributed by atoms with Crippen LogP contribution in [-0.2, 0) is 9.59 Å². The highest BCUT2D eigenvalue weighted by Crippen LogP contribution is 2.33. The van der Waals surface area contributed by atoms with E-state index in [1.165, 1.54) is 18.2 Å². The number of amides is 1. The zero-order chi connectivity index (χ0) is 15.6. The lowest BCUT2D eigenvalue weighted by Gasteiger charge is -2.11. The Morgan fingerprint density at radius 1 is 1.33 bits per heavy atom. The first-order valence-electron chi connectivity index (χ1n) is 6.36. The molecule has 0 heterocycles. The maximum Gasteiger partial charge on any atom is 0.306 e. The van der Waals surface area contributed by atoms with Crippen LogP contribution in [0.4, 0.5) is 11.4 Å². The Labute approximate surface area is 125 Å². The van der Waals surface area contributed by atoms with E-state index in [4.69, 9.17) is 16.7 Å². The SMILES string of the molecule is O=C(O)C1CCC(C(=O)Nc2ccc([N+](=O)[O-])c(Cl)c2)C1. The molecule has 1 aromatic rings. The molecular formula is C13H13ClN2O5. The van der Waals surface area contributed by atoms with Gasteiger partial charge in [-0.2, -0.15) is 0 Å². The normalized spacial score (nSPS) is 21.0. The Bertz CT molecular complexity index is 604. The molecule has 8 heteroatoms. The number of aliphatic carboxylic acids is 1. The standard InChI is InChI=1S/C13H13ClN2O5/c14-10-6-9(3-4-11(10)16(20)21)15-12(17)7-1-2-8(5-7)13(18)19/h3-4,6-8H,1-2,5H2,(H,15,17)(H,18,19). The van der Waals surface area contributed by atoms with Crippen molar-refractivity contribution in [2.75, 3.05) is 5.32 Å². The Kier molecular flexibility index (Phi) is 4.42. The number of carboxylic acid groups (broad SMARTS) is 1. The van der Waals surface area contributed by atoms with Crippen LogP contribution >= 0.6 is 11.6 Å². The van der Waals surface area contributed by atoms with E-state index in [0.717, 1.165) is 0 Å². The monoisotopic (exact) mass is 312 g/mol. The van der Waals surface area contributed by atoms with Gasteiger partial charge in [-0.25, -0.2) is 0 Å². The highest BCUT2D eigenvalue weighted by molar-refractivity contribution is 6.33. The molecule has 2 unspecified atom stereocenters. The highest BCUT2D eigenvalue weighted by atomic mass is 35.5. The summed E-state index contributed by atoms with van der Waals surface area (Å²) >= 11 is 5.76. The van der Waals surface area contributed by atoms with Gasteiger partial charge in [-0.15, -0.1) is 0 Å². The number of anilines is 1. The summed E-state index contributed by atoms with van der Waals surface area (Å²) in [6.07, 6.45) is 1.31. The smallest absolute Gasteiger partial charge is 0.306 e. The molecule has 1 aromatic carbocycles. The summed E-state index contributed by atoms with van der Waals surface area (Å²) < 4.78 is 0. The van der Waals surface area contributed by atoms with E-state index in [-0.39, 0.29) is 22.5 Å². The average Bonchev–Trinajstić information content (AvgIpc) is 2.88. The van der Waals surface area contributed by atoms with Crippen LogP contribution < -0.4 is 5.32 Å². The number of nitrogens with one attached hydrogen (secondary N) is 1. The third-order valence-electron chi connectivity index (χ3n) is 3.56. The summed E-state index contributed by atoms with van der Waals surface area (Å²) in [6.45, 7) is 0. The molecule has 7 nitrogen and oxygen atoms in total. The molecule has 1 saturated carbocycles. The molecule has 0 aliphatic heterocycles. The van der Waals surface area contributed by atoms with E-state index in [9.17, 15) is 19.7 Å². The Morgan fingerprint density at radius 2 is 2.00 bits per heavy atom. The lowest BCUT2D eigenvalue weighted by molar-refractivity contribution is -0.384. The molecule has 0 radical (unpaired) electrons. The van der Waals surface area contributed by atoms with Crippen molar-refractivity contribution >= 4 is 34.9 Å². The van der Waals surface area contributed by atoms with Gasteiger partial charge in [0.15, 0.2) is 0 Å². The predicted molar refractivity (Wildman–Crippen MR) is 75.2 cm³/mol. The number of hydrogen-bond donors (Lipinski definition) is 2. The topological polar surface area (TPSA) is 110 Å². The first-order valence-corrected chi connectivity index (χ1v) is 6.74. The Balaban J connectivity index is 2.02. The number of nitro groups is 1. The van der Waals surface area contributed by atoms with E-state index in [2.05, 4.69) is 5.32 Å². The molecule has 0 aromatic heterocycles. The highest BCUT2D eigenvalue weighted by Gasteiger charge is 2.33. The van der Waals surface area contributed by atoms with E-state index < -0.39 is 16.8 Å². The van der Waals surface area contributed by atoms with Crippen LogP contribution in [0.5, 0.6) is 0 Å². The molecule has 21 heavy (non-hydrogen) atoms. The van der Waals surface area contributed by atoms with Gasteiger partial charge in [0.2, 0.25) is 5.91 Å². The first kappa shape index (κ1) is 15.2. The number of carbonyl (C=O) groups is 2. The fraction of sp³-hybridized carbons (Fsp3) is 0.385. The van der Waals surface area contributed by atoms with Gasteiger partial charge >= 0.3 is 5.97 Å². The van der Waals surface area contributed by atoms with Gasteiger partial charge in [0.1, 0.15) is 5.02 Å². The fourth-order valence-electron chi connectivity index (χ4n) is 2.42. The summed E-state index contributed by atoms with van der Waals surface area (Å²) in [5.41, 5.74) is 0.121. The molecule has 112 valence electrons. The van der Waals surface area contributed by atoms with Gasteiger partial charge < -0.3 is 10.4 Å². The van der Waals surface area contributed by atoms with Crippen molar-refractivity contribution in [3.63, 3.8) is 0 Å². The first-order chi connectivity index (χ1) is 9.88. The molecule has 1 aliphatic rings. The Hall–Kier alpha value is -2.15. The lowest BCUT2D eigenvalue weighted by Crippen LogP contribution is -2.21. The molecule has 1 fully saturated rings. The summed E-state index contributed by atoms with van der Waals surface area (Å²) in [5, 5.41) is 22.1. The molecular weight excluding hydrogens is 300 g/mol. The number of hydrogen-bond acceptors (Lipinski definition) is 4. The molecule has 0 bridgehead atoms. The van der Waals surface area contributed by atoms with Gasteiger partial charge in [-0.3, -0.25) is 19.7 Å². The average molecular weight is 313 g/mol. The second-order valence-electron chi connectivity index (χ2n) is 4.96. The molecule has 0 saturated heterocycles. The lowest BCUT2D eigenvalue weighted by atomic mass is 10.0. The van der Waals surface area contributed by atoms with Crippen LogP contribution in [-0.4, -0.2) is 21.9 Å². The molecule has 0 spiro atoms. The van der Waals surface area contributed by atoms with Crippen molar-refractivity contribution in [3.05, 3.63) is 33.3 Å².